The van der Waals surface area contributed by atoms with Crippen molar-refractivity contribution in [3.8, 4) is 0 Å². The van der Waals surface area contributed by atoms with Crippen LogP contribution in [0.5, 0.6) is 0 Å². The lowest BCUT2D eigenvalue weighted by molar-refractivity contribution is 0.482. The Labute approximate surface area is 135 Å². The molecule has 0 bridgehead atoms. The van der Waals surface area contributed by atoms with Gasteiger partial charge in [0, 0.05) is 34.4 Å². The van der Waals surface area contributed by atoms with Crippen LogP contribution in [0.4, 0.5) is 5.69 Å². The summed E-state index contributed by atoms with van der Waals surface area (Å²) in [4.78, 5) is 0. The maximum Gasteiger partial charge on any atom is 0.301 e. The van der Waals surface area contributed by atoms with Crippen LogP contribution < -0.4 is 4.72 Å². The highest BCUT2D eigenvalue weighted by molar-refractivity contribution is 7.90. The molecule has 22 heavy (non-hydrogen) atoms. The van der Waals surface area contributed by atoms with E-state index in [9.17, 15) is 12.6 Å². The highest BCUT2D eigenvalue weighted by Gasteiger charge is 2.25. The Morgan fingerprint density at radius 3 is 2.45 bits per heavy atom. The molecule has 124 valence electrons. The summed E-state index contributed by atoms with van der Waals surface area (Å²) in [6, 6.07) is 7.14. The van der Waals surface area contributed by atoms with Gasteiger partial charge in [0.15, 0.2) is 0 Å². The van der Waals surface area contributed by atoms with Gasteiger partial charge < -0.3 is 0 Å². The average Bonchev–Trinajstić information content (AvgIpc) is 2.92. The Bertz CT molecular complexity index is 645. The molecule has 1 aromatic rings. The van der Waals surface area contributed by atoms with Gasteiger partial charge in [0.1, 0.15) is 0 Å². The molecule has 1 aliphatic rings. The molecule has 1 N–H and O–H groups in total. The first-order chi connectivity index (χ1) is 10.2. The zero-order valence-electron chi connectivity index (χ0n) is 13.3. The zero-order chi connectivity index (χ0) is 16.4. The van der Waals surface area contributed by atoms with Crippen molar-refractivity contribution in [1.82, 2.24) is 4.31 Å². The van der Waals surface area contributed by atoms with E-state index in [1.165, 1.54) is 4.31 Å². The maximum atomic E-state index is 12.2. The summed E-state index contributed by atoms with van der Waals surface area (Å²) < 4.78 is 40.5. The fourth-order valence-electron chi connectivity index (χ4n) is 2.23. The third kappa shape index (κ3) is 4.54. The quantitative estimate of drug-likeness (QED) is 0.892. The Balaban J connectivity index is 2.10. The molecule has 0 saturated carbocycles. The molecule has 0 spiro atoms. The van der Waals surface area contributed by atoms with Crippen LogP contribution in [0.25, 0.3) is 0 Å². The normalized spacial score (nSPS) is 18.3. The maximum absolute atomic E-state index is 12.2. The molecule has 0 radical (unpaired) electrons. The van der Waals surface area contributed by atoms with E-state index in [1.807, 2.05) is 26.8 Å². The van der Waals surface area contributed by atoms with E-state index in [4.69, 9.17) is 0 Å². The van der Waals surface area contributed by atoms with Crippen LogP contribution in [0.3, 0.4) is 0 Å². The number of anilines is 1. The van der Waals surface area contributed by atoms with E-state index in [-0.39, 0.29) is 4.75 Å². The molecule has 0 amide bonds. The first-order valence-electron chi connectivity index (χ1n) is 7.44. The predicted molar refractivity (Wildman–Crippen MR) is 91.4 cm³/mol. The minimum atomic E-state index is -3.48. The lowest BCUT2D eigenvalue weighted by atomic mass is 10.2. The van der Waals surface area contributed by atoms with Crippen molar-refractivity contribution in [3.05, 3.63) is 29.8 Å². The average molecular weight is 345 g/mol. The largest absolute Gasteiger partial charge is 0.301 e. The Morgan fingerprint density at radius 2 is 1.86 bits per heavy atom. The van der Waals surface area contributed by atoms with Gasteiger partial charge in [0.2, 0.25) is 0 Å². The summed E-state index contributed by atoms with van der Waals surface area (Å²) in [7, 11) is -4.49. The number of hydrogen-bond donors (Lipinski definition) is 1. The molecule has 1 unspecified atom stereocenters. The van der Waals surface area contributed by atoms with Crippen molar-refractivity contribution < 1.29 is 12.6 Å². The fraction of sp³-hybridized carbons (Fsp3) is 0.600. The van der Waals surface area contributed by atoms with Gasteiger partial charge in [-0.3, -0.25) is 8.93 Å². The van der Waals surface area contributed by atoms with Gasteiger partial charge in [-0.2, -0.15) is 12.7 Å². The summed E-state index contributed by atoms with van der Waals surface area (Å²) >= 11 is 0. The Morgan fingerprint density at radius 1 is 1.23 bits per heavy atom. The van der Waals surface area contributed by atoms with Crippen LogP contribution in [0.15, 0.2) is 24.3 Å². The molecular weight excluding hydrogens is 320 g/mol. The lowest BCUT2D eigenvalue weighted by Crippen LogP contribution is -2.33. The van der Waals surface area contributed by atoms with Crippen molar-refractivity contribution in [2.45, 2.75) is 44.1 Å². The van der Waals surface area contributed by atoms with Gasteiger partial charge in [-0.25, -0.2) is 0 Å². The molecule has 5 nitrogen and oxygen atoms in total. The number of hydrogen-bond acceptors (Lipinski definition) is 3. The zero-order valence-corrected chi connectivity index (χ0v) is 15.0. The molecule has 0 aliphatic carbocycles. The van der Waals surface area contributed by atoms with E-state index in [0.29, 0.717) is 24.5 Å². The van der Waals surface area contributed by atoms with Gasteiger partial charge in [-0.05, 0) is 51.3 Å². The van der Waals surface area contributed by atoms with Crippen LogP contribution in [-0.2, 0) is 26.8 Å². The molecule has 1 heterocycles. The van der Waals surface area contributed by atoms with Crippen LogP contribution in [0, 0.1) is 0 Å². The van der Waals surface area contributed by atoms with Gasteiger partial charge in [-0.1, -0.05) is 12.1 Å². The van der Waals surface area contributed by atoms with E-state index in [0.717, 1.165) is 18.4 Å². The van der Waals surface area contributed by atoms with Crippen LogP contribution >= 0.6 is 0 Å². The molecule has 1 fully saturated rings. The van der Waals surface area contributed by atoms with Crippen molar-refractivity contribution in [2.24, 2.45) is 0 Å². The number of benzene rings is 1. The third-order valence-corrected chi connectivity index (χ3v) is 7.06. The Hall–Kier alpha value is -0.920. The second kappa shape index (κ2) is 6.68. The smallest absolute Gasteiger partial charge is 0.271 e. The highest BCUT2D eigenvalue weighted by atomic mass is 32.2. The molecular formula is C15H24N2O3S2. The van der Waals surface area contributed by atoms with Crippen LogP contribution in [0.2, 0.25) is 0 Å². The van der Waals surface area contributed by atoms with E-state index in [1.54, 1.807) is 18.2 Å². The number of rotatable bonds is 5. The second-order valence-corrected chi connectivity index (χ2v) is 10.4. The Kier molecular flexibility index (Phi) is 5.29. The molecule has 1 aliphatic heterocycles. The highest BCUT2D eigenvalue weighted by Crippen LogP contribution is 2.21. The fourth-order valence-corrected chi connectivity index (χ4v) is 4.44. The van der Waals surface area contributed by atoms with Gasteiger partial charge in [0.05, 0.1) is 5.69 Å². The summed E-state index contributed by atoms with van der Waals surface area (Å²) in [5.74, 6) is 0.419. The van der Waals surface area contributed by atoms with Crippen LogP contribution in [0.1, 0.15) is 39.2 Å². The summed E-state index contributed by atoms with van der Waals surface area (Å²) in [6.45, 7) is 6.95. The summed E-state index contributed by atoms with van der Waals surface area (Å²) in [5, 5.41) is 0. The minimum Gasteiger partial charge on any atom is -0.271 e. The van der Waals surface area contributed by atoms with Crippen molar-refractivity contribution in [2.75, 3.05) is 17.8 Å². The van der Waals surface area contributed by atoms with E-state index >= 15 is 0 Å². The molecule has 1 saturated heterocycles. The third-order valence-electron chi connectivity index (χ3n) is 3.56. The second-order valence-electron chi connectivity index (χ2n) is 6.52. The van der Waals surface area contributed by atoms with Gasteiger partial charge in [0.25, 0.3) is 0 Å². The summed E-state index contributed by atoms with van der Waals surface area (Å²) in [5.41, 5.74) is 1.39. The van der Waals surface area contributed by atoms with Crippen LogP contribution in [-0.4, -0.2) is 34.8 Å². The van der Waals surface area contributed by atoms with Gasteiger partial charge >= 0.3 is 10.2 Å². The first-order valence-corrected chi connectivity index (χ1v) is 10.2. The summed E-state index contributed by atoms with van der Waals surface area (Å²) in [6.07, 6.45) is 1.82. The molecule has 7 heteroatoms. The molecule has 1 atom stereocenters. The van der Waals surface area contributed by atoms with E-state index < -0.39 is 21.0 Å². The lowest BCUT2D eigenvalue weighted by Gasteiger charge is -2.19. The molecule has 1 aromatic carbocycles. The molecule has 2 rings (SSSR count). The first kappa shape index (κ1) is 17.4. The van der Waals surface area contributed by atoms with Crippen molar-refractivity contribution in [3.63, 3.8) is 0 Å². The van der Waals surface area contributed by atoms with Crippen molar-refractivity contribution in [1.29, 1.82) is 0 Å². The van der Waals surface area contributed by atoms with Gasteiger partial charge in [-0.15, -0.1) is 0 Å². The minimum absolute atomic E-state index is 0.287. The van der Waals surface area contributed by atoms with Crippen molar-refractivity contribution >= 4 is 26.7 Å². The SMILES string of the molecule is CC(C)(C)S(=O)Cc1cccc(NS(=O)(=O)N2CCCC2)c1. The number of nitrogens with one attached hydrogen (secondary N) is 1. The monoisotopic (exact) mass is 344 g/mol. The van der Waals surface area contributed by atoms with E-state index in [2.05, 4.69) is 4.72 Å². The standard InChI is InChI=1S/C15H24N2O3S2/c1-15(2,3)21(18)12-13-7-6-8-14(11-13)16-22(19,20)17-9-4-5-10-17/h6-8,11,16H,4-5,9-10,12H2,1-3H3. The number of nitrogens with zero attached hydrogens (tertiary/aromatic N) is 1. The molecule has 0 aromatic heterocycles. The topological polar surface area (TPSA) is 66.5 Å². The predicted octanol–water partition coefficient (Wildman–Crippen LogP) is 2.49.